The van der Waals surface area contributed by atoms with Gasteiger partial charge in [0.15, 0.2) is 0 Å². The number of methoxy groups -OCH3 is 3. The minimum Gasteiger partial charge on any atom is -0.467 e. The summed E-state index contributed by atoms with van der Waals surface area (Å²) in [5.74, 6) is -5.10. The fourth-order valence-electron chi connectivity index (χ4n) is 13.4. The molecule has 4 rings (SSSR count). The number of carbonyl (C=O) groups excluding carboxylic acids is 11. The standard InChI is InChI=1S/C72H117N11O14/c1-16-46(7)62(57(95-13)43-60(86)82-38-25-29-56(82)64(96-14)49(10)65(87)78-55(71(93)97-15)42-51-26-20-18-21-27-51)81(12)70(92)61(45(5)6)79-68(90)63(47(8)17-2)80(11)39-35-50-31-33-52(34-32-50)75-66(88)53(28-24-36-74-72(73)94)77-67(89)54(40-44(3)4)76-58(84)30-22-19-23-37-83-59(85)41-48(9)69(83)91/h18,20-21,26-27,31-33,44-49,52-57,61-64H,16-17,19,22-25,28-30,34-43H2,1-15H3,(H,75,88)(H,76,84)(H,77,89)(H,78,87)(H,79,90)(H3,73,74,94)/t46-,47?,48?,49+,52?,53-,54-,55-,56-,57+,61-,62-,63-,64+/m0/s1. The van der Waals surface area contributed by atoms with Crippen LogP contribution in [-0.4, -0.2) is 207 Å². The van der Waals surface area contributed by atoms with Crippen LogP contribution >= 0.6 is 0 Å². The molecule has 14 atom stereocenters. The Morgan fingerprint density at radius 3 is 2.03 bits per heavy atom. The highest BCUT2D eigenvalue weighted by Crippen LogP contribution is 2.31. The predicted octanol–water partition coefficient (Wildman–Crippen LogP) is 5.48. The number of esters is 1. The van der Waals surface area contributed by atoms with Crippen LogP contribution in [0.2, 0.25) is 0 Å². The summed E-state index contributed by atoms with van der Waals surface area (Å²) in [5, 5.41) is 17.3. The van der Waals surface area contributed by atoms with Crippen molar-refractivity contribution in [2.75, 3.05) is 61.6 Å². The molecule has 0 spiro atoms. The molecule has 8 N–H and O–H groups in total. The third-order valence-corrected chi connectivity index (χ3v) is 19.5. The Balaban J connectivity index is 1.39. The molecule has 11 amide bonds. The maximum Gasteiger partial charge on any atom is 0.328 e. The van der Waals surface area contributed by atoms with E-state index in [0.29, 0.717) is 90.3 Å². The van der Waals surface area contributed by atoms with Crippen molar-refractivity contribution in [1.29, 1.82) is 0 Å². The van der Waals surface area contributed by atoms with Crippen molar-refractivity contribution in [3.63, 3.8) is 0 Å². The number of urea groups is 1. The van der Waals surface area contributed by atoms with Gasteiger partial charge in [-0.25, -0.2) is 9.59 Å². The summed E-state index contributed by atoms with van der Waals surface area (Å²) in [7, 11) is 7.91. The van der Waals surface area contributed by atoms with Crippen molar-refractivity contribution in [1.82, 2.24) is 51.5 Å². The fraction of sp³-hybridized carbons (Fsp3) is 0.708. The zero-order valence-electron chi connectivity index (χ0n) is 60.6. The first-order valence-electron chi connectivity index (χ1n) is 35.2. The highest BCUT2D eigenvalue weighted by molar-refractivity contribution is 6.03. The molecule has 1 aliphatic carbocycles. The first kappa shape index (κ1) is 82.2. The minimum absolute atomic E-state index is 0.0149. The number of likely N-dealkylation sites (tertiary alicyclic amines) is 2. The molecule has 3 aliphatic rings. The monoisotopic (exact) mass is 1360 g/mol. The lowest BCUT2D eigenvalue weighted by molar-refractivity contribution is -0.149. The number of imide groups is 1. The molecule has 0 saturated carbocycles. The van der Waals surface area contributed by atoms with E-state index in [4.69, 9.17) is 19.9 Å². The minimum atomic E-state index is -1.01. The molecule has 544 valence electrons. The number of allylic oxidation sites excluding steroid dienone is 1. The second-order valence-corrected chi connectivity index (χ2v) is 27.7. The smallest absolute Gasteiger partial charge is 0.328 e. The van der Waals surface area contributed by atoms with Crippen LogP contribution in [0.4, 0.5) is 4.79 Å². The molecule has 3 unspecified atom stereocenters. The summed E-state index contributed by atoms with van der Waals surface area (Å²) in [6, 6.07) is 2.72. The molecule has 0 bridgehead atoms. The molecule has 1 aromatic carbocycles. The quantitative estimate of drug-likeness (QED) is 0.0242. The third-order valence-electron chi connectivity index (χ3n) is 19.5. The average molecular weight is 1360 g/mol. The van der Waals surface area contributed by atoms with Gasteiger partial charge in [-0.2, -0.15) is 0 Å². The first-order chi connectivity index (χ1) is 46.0. The molecular formula is C72H117N11O14. The van der Waals surface area contributed by atoms with Crippen LogP contribution in [0, 0.1) is 35.5 Å². The van der Waals surface area contributed by atoms with Crippen LogP contribution < -0.4 is 37.6 Å². The number of nitrogens with zero attached hydrogens (tertiary/aromatic N) is 4. The third kappa shape index (κ3) is 25.2. The van der Waals surface area contributed by atoms with Gasteiger partial charge < -0.3 is 61.6 Å². The molecule has 2 heterocycles. The van der Waals surface area contributed by atoms with Crippen LogP contribution in [0.25, 0.3) is 0 Å². The summed E-state index contributed by atoms with van der Waals surface area (Å²) in [6.07, 6.45) is 10.9. The van der Waals surface area contributed by atoms with Crippen LogP contribution in [0.3, 0.4) is 0 Å². The van der Waals surface area contributed by atoms with Crippen molar-refractivity contribution in [3.05, 3.63) is 59.7 Å². The Morgan fingerprint density at radius 1 is 0.773 bits per heavy atom. The van der Waals surface area contributed by atoms with Crippen LogP contribution in [0.5, 0.6) is 0 Å². The number of carbonyl (C=O) groups is 11. The lowest BCUT2D eigenvalue weighted by Crippen LogP contribution is -2.60. The highest BCUT2D eigenvalue weighted by atomic mass is 16.5. The van der Waals surface area contributed by atoms with E-state index in [9.17, 15) is 52.7 Å². The second-order valence-electron chi connectivity index (χ2n) is 27.7. The topological polar surface area (TPSA) is 327 Å². The van der Waals surface area contributed by atoms with Gasteiger partial charge in [-0.05, 0) is 94.1 Å². The lowest BCUT2D eigenvalue weighted by atomic mass is 9.89. The van der Waals surface area contributed by atoms with Crippen molar-refractivity contribution in [2.45, 2.75) is 233 Å². The van der Waals surface area contributed by atoms with Crippen LogP contribution in [0.1, 0.15) is 171 Å². The summed E-state index contributed by atoms with van der Waals surface area (Å²) in [6.45, 7) is 20.5. The molecule has 2 aliphatic heterocycles. The zero-order chi connectivity index (χ0) is 72.2. The highest BCUT2D eigenvalue weighted by Gasteiger charge is 2.44. The number of ether oxygens (including phenoxy) is 3. The van der Waals surface area contributed by atoms with Gasteiger partial charge in [-0.3, -0.25) is 53.0 Å². The Bertz CT molecular complexity index is 2840. The van der Waals surface area contributed by atoms with Gasteiger partial charge in [-0.15, -0.1) is 0 Å². The normalized spacial score (nSPS) is 19.7. The predicted molar refractivity (Wildman–Crippen MR) is 370 cm³/mol. The number of rotatable bonds is 42. The van der Waals surface area contributed by atoms with E-state index >= 15 is 0 Å². The molecule has 2 saturated heterocycles. The fourth-order valence-corrected chi connectivity index (χ4v) is 13.4. The number of benzene rings is 1. The van der Waals surface area contributed by atoms with Gasteiger partial charge in [0.1, 0.15) is 24.2 Å². The molecule has 2 fully saturated rings. The van der Waals surface area contributed by atoms with E-state index in [-0.39, 0.29) is 104 Å². The van der Waals surface area contributed by atoms with E-state index in [1.165, 1.54) is 26.2 Å². The van der Waals surface area contributed by atoms with Gasteiger partial charge >= 0.3 is 12.0 Å². The van der Waals surface area contributed by atoms with Gasteiger partial charge in [0.05, 0.1) is 55.8 Å². The molecule has 25 heteroatoms. The van der Waals surface area contributed by atoms with Crippen molar-refractivity contribution >= 4 is 65.2 Å². The molecule has 0 radical (unpaired) electrons. The first-order valence-corrected chi connectivity index (χ1v) is 35.2. The molecular weight excluding hydrogens is 1240 g/mol. The van der Waals surface area contributed by atoms with Gasteiger partial charge in [-0.1, -0.05) is 143 Å². The Kier molecular flexibility index (Phi) is 34.9. The number of amides is 11. The van der Waals surface area contributed by atoms with Crippen molar-refractivity contribution in [2.24, 2.45) is 41.2 Å². The number of likely N-dealkylation sites (N-methyl/N-ethyl adjacent to an activating group) is 2. The molecule has 1 aromatic rings. The van der Waals surface area contributed by atoms with E-state index in [1.54, 1.807) is 30.7 Å². The number of hydrogen-bond donors (Lipinski definition) is 7. The molecule has 97 heavy (non-hydrogen) atoms. The van der Waals surface area contributed by atoms with E-state index in [0.717, 1.165) is 11.1 Å². The number of unbranched alkanes of at least 4 members (excludes halogenated alkanes) is 2. The van der Waals surface area contributed by atoms with Crippen LogP contribution in [0.15, 0.2) is 54.1 Å². The van der Waals surface area contributed by atoms with Gasteiger partial charge in [0.25, 0.3) is 0 Å². The van der Waals surface area contributed by atoms with Crippen LogP contribution in [-0.2, 0) is 68.6 Å². The number of nitrogens with two attached hydrogens (primary N) is 1. The summed E-state index contributed by atoms with van der Waals surface area (Å²) >= 11 is 0. The Labute approximate surface area is 576 Å². The molecule has 0 aromatic heterocycles. The number of hydrogen-bond acceptors (Lipinski definition) is 15. The molecule has 25 nitrogen and oxygen atoms in total. The van der Waals surface area contributed by atoms with E-state index in [2.05, 4.69) is 31.9 Å². The van der Waals surface area contributed by atoms with E-state index < -0.39 is 96.2 Å². The van der Waals surface area contributed by atoms with Gasteiger partial charge in [0, 0.05) is 72.6 Å². The Hall–Kier alpha value is -7.25. The maximum absolute atomic E-state index is 15.0. The van der Waals surface area contributed by atoms with Gasteiger partial charge in [0.2, 0.25) is 53.2 Å². The second kappa shape index (κ2) is 41.2. The van der Waals surface area contributed by atoms with E-state index in [1.807, 2.05) is 116 Å². The summed E-state index contributed by atoms with van der Waals surface area (Å²) in [5.41, 5.74) is 7.13. The lowest BCUT2D eigenvalue weighted by Gasteiger charge is -2.41. The Morgan fingerprint density at radius 2 is 1.45 bits per heavy atom. The largest absolute Gasteiger partial charge is 0.467 e. The summed E-state index contributed by atoms with van der Waals surface area (Å²) in [4.78, 5) is 155. The summed E-state index contributed by atoms with van der Waals surface area (Å²) < 4.78 is 17.2. The number of nitrogens with one attached hydrogen (secondary N) is 6. The SMILES string of the molecule is CCC(C)[C@@H](C(=O)N[C@H](C(=O)N(C)[C@@H]([C@@H](C)CC)[C@@H](CC(=O)N1CCC[C@H]1[C@H](OC)[C@@H](C)C(=O)N[C@@H](Cc1ccccc1)C(=O)OC)OC)C(C)C)N(C)CCC1=CCC(NC(=O)[C@H](CCCNC(N)=O)NC(=O)[C@H](CC(C)C)NC(=O)CCCCCN2C(=O)CC(C)C2=O)C=C1. The zero-order valence-corrected chi connectivity index (χ0v) is 60.6. The number of primary amides is 1. The average Bonchev–Trinajstić information content (AvgIpc) is 1.66. The van der Waals surface area contributed by atoms with Crippen molar-refractivity contribution < 1.29 is 67.0 Å². The maximum atomic E-state index is 15.0. The van der Waals surface area contributed by atoms with Crippen molar-refractivity contribution in [3.8, 4) is 0 Å².